The lowest BCUT2D eigenvalue weighted by Crippen LogP contribution is -2.31. The molecule has 0 N–H and O–H groups in total. The molecule has 1 unspecified atom stereocenters. The van der Waals surface area contributed by atoms with E-state index in [1.807, 2.05) is 76.5 Å². The Balaban J connectivity index is 1.54. The summed E-state index contributed by atoms with van der Waals surface area (Å²) in [6.07, 6.45) is 2.38. The van der Waals surface area contributed by atoms with E-state index in [-0.39, 0.29) is 11.9 Å². The summed E-state index contributed by atoms with van der Waals surface area (Å²) in [6, 6.07) is 20.2. The van der Waals surface area contributed by atoms with Crippen LogP contribution in [0.25, 0.3) is 16.2 Å². The second kappa shape index (κ2) is 7.37. The van der Waals surface area contributed by atoms with Gasteiger partial charge in [-0.15, -0.1) is 11.3 Å². The Hall–Kier alpha value is -2.92. The smallest absolute Gasteiger partial charge is 0.228 e. The van der Waals surface area contributed by atoms with Crippen LogP contribution in [0.5, 0.6) is 0 Å². The summed E-state index contributed by atoms with van der Waals surface area (Å²) in [6.45, 7) is 2.06. The highest BCUT2D eigenvalue weighted by atomic mass is 32.1. The third-order valence-corrected chi connectivity index (χ3v) is 5.83. The van der Waals surface area contributed by atoms with Gasteiger partial charge in [0.25, 0.3) is 0 Å². The summed E-state index contributed by atoms with van der Waals surface area (Å²) in [5.41, 5.74) is 4.13. The average Bonchev–Trinajstić information content (AvgIpc) is 3.30. The number of hydrogen-bond acceptors (Lipinski definition) is 3. The van der Waals surface area contributed by atoms with Crippen molar-refractivity contribution < 1.29 is 4.79 Å². The standard InChI is InChI=1S/C22H21N3OS/c1-16(17-9-5-3-6-10-17)24(2)21(26)13-19-15-27-22-23-20(14-25(19)22)18-11-7-4-8-12-18/h3-12,14-16H,13H2,1-2H3. The molecule has 0 saturated heterocycles. The van der Waals surface area contributed by atoms with Crippen LogP contribution in [-0.2, 0) is 11.2 Å². The Bertz CT molecular complexity index is 1050. The lowest BCUT2D eigenvalue weighted by atomic mass is 10.1. The SMILES string of the molecule is CC(c1ccccc1)N(C)C(=O)Cc1csc2nc(-c3ccccc3)cn12. The van der Waals surface area contributed by atoms with Crippen molar-refractivity contribution in [2.45, 2.75) is 19.4 Å². The number of amides is 1. The minimum Gasteiger partial charge on any atom is -0.339 e. The fourth-order valence-electron chi connectivity index (χ4n) is 3.16. The van der Waals surface area contributed by atoms with Gasteiger partial charge in [0.15, 0.2) is 4.96 Å². The maximum Gasteiger partial charge on any atom is 0.228 e. The zero-order valence-electron chi connectivity index (χ0n) is 15.4. The molecule has 0 saturated carbocycles. The monoisotopic (exact) mass is 375 g/mol. The number of aromatic nitrogens is 2. The zero-order chi connectivity index (χ0) is 18.8. The topological polar surface area (TPSA) is 37.6 Å². The van der Waals surface area contributed by atoms with E-state index < -0.39 is 0 Å². The molecule has 5 heteroatoms. The van der Waals surface area contributed by atoms with E-state index in [1.54, 1.807) is 11.3 Å². The molecule has 1 amide bonds. The van der Waals surface area contributed by atoms with E-state index in [0.717, 1.165) is 27.5 Å². The minimum atomic E-state index is 0.0375. The highest BCUT2D eigenvalue weighted by molar-refractivity contribution is 7.15. The van der Waals surface area contributed by atoms with Crippen molar-refractivity contribution in [3.05, 3.63) is 83.5 Å². The molecular formula is C22H21N3OS. The first-order valence-electron chi connectivity index (χ1n) is 8.95. The van der Waals surface area contributed by atoms with Gasteiger partial charge < -0.3 is 4.90 Å². The Kier molecular flexibility index (Phi) is 4.77. The maximum absolute atomic E-state index is 12.8. The van der Waals surface area contributed by atoms with Crippen LogP contribution in [0.1, 0.15) is 24.2 Å². The van der Waals surface area contributed by atoms with Gasteiger partial charge in [0.2, 0.25) is 5.91 Å². The molecular weight excluding hydrogens is 354 g/mol. The van der Waals surface area contributed by atoms with Crippen molar-refractivity contribution in [3.63, 3.8) is 0 Å². The first kappa shape index (κ1) is 17.5. The number of likely N-dealkylation sites (N-methyl/N-ethyl adjacent to an activating group) is 1. The number of nitrogens with zero attached hydrogens (tertiary/aromatic N) is 3. The molecule has 0 radical (unpaired) electrons. The molecule has 4 rings (SSSR count). The minimum absolute atomic E-state index is 0.0375. The van der Waals surface area contributed by atoms with Crippen LogP contribution in [0.2, 0.25) is 0 Å². The summed E-state index contributed by atoms with van der Waals surface area (Å²) in [5, 5.41) is 2.02. The molecule has 0 aliphatic heterocycles. The zero-order valence-corrected chi connectivity index (χ0v) is 16.2. The van der Waals surface area contributed by atoms with Crippen LogP contribution in [0, 0.1) is 0 Å². The number of carbonyl (C=O) groups is 1. The molecule has 0 bridgehead atoms. The number of imidazole rings is 1. The van der Waals surface area contributed by atoms with Gasteiger partial charge in [0.1, 0.15) is 0 Å². The Morgan fingerprint density at radius 1 is 1.11 bits per heavy atom. The lowest BCUT2D eigenvalue weighted by molar-refractivity contribution is -0.131. The third kappa shape index (κ3) is 3.51. The molecule has 0 spiro atoms. The number of carbonyl (C=O) groups excluding carboxylic acids is 1. The first-order valence-corrected chi connectivity index (χ1v) is 9.83. The van der Waals surface area contributed by atoms with E-state index in [9.17, 15) is 4.79 Å². The molecule has 136 valence electrons. The molecule has 2 aromatic heterocycles. The van der Waals surface area contributed by atoms with Gasteiger partial charge in [-0.05, 0) is 12.5 Å². The molecule has 2 aromatic carbocycles. The van der Waals surface area contributed by atoms with E-state index in [0.29, 0.717) is 6.42 Å². The van der Waals surface area contributed by atoms with Gasteiger partial charge >= 0.3 is 0 Å². The summed E-state index contributed by atoms with van der Waals surface area (Å²) in [4.78, 5) is 20.3. The Morgan fingerprint density at radius 3 is 2.48 bits per heavy atom. The largest absolute Gasteiger partial charge is 0.339 e. The van der Waals surface area contributed by atoms with Gasteiger partial charge in [-0.2, -0.15) is 0 Å². The fraction of sp³-hybridized carbons (Fsp3) is 0.182. The maximum atomic E-state index is 12.8. The van der Waals surface area contributed by atoms with E-state index >= 15 is 0 Å². The molecule has 0 aliphatic rings. The van der Waals surface area contributed by atoms with Crippen molar-refractivity contribution in [1.29, 1.82) is 0 Å². The third-order valence-electron chi connectivity index (χ3n) is 4.94. The lowest BCUT2D eigenvalue weighted by Gasteiger charge is -2.25. The van der Waals surface area contributed by atoms with Crippen molar-refractivity contribution >= 4 is 22.2 Å². The van der Waals surface area contributed by atoms with Crippen molar-refractivity contribution in [3.8, 4) is 11.3 Å². The normalized spacial score (nSPS) is 12.2. The summed E-state index contributed by atoms with van der Waals surface area (Å²) >= 11 is 1.57. The van der Waals surface area contributed by atoms with Crippen molar-refractivity contribution in [2.75, 3.05) is 7.05 Å². The van der Waals surface area contributed by atoms with Crippen molar-refractivity contribution in [2.24, 2.45) is 0 Å². The Labute approximate surface area is 162 Å². The predicted octanol–water partition coefficient (Wildman–Crippen LogP) is 4.82. The molecule has 0 fully saturated rings. The fourth-order valence-corrected chi connectivity index (χ4v) is 4.03. The number of thiazole rings is 1. The van der Waals surface area contributed by atoms with Crippen LogP contribution in [-0.4, -0.2) is 27.2 Å². The molecule has 1 atom stereocenters. The van der Waals surface area contributed by atoms with E-state index in [4.69, 9.17) is 4.98 Å². The number of rotatable bonds is 5. The van der Waals surface area contributed by atoms with Crippen LogP contribution in [0.15, 0.2) is 72.2 Å². The Morgan fingerprint density at radius 2 is 1.78 bits per heavy atom. The highest BCUT2D eigenvalue weighted by Crippen LogP contribution is 2.25. The quantitative estimate of drug-likeness (QED) is 0.501. The van der Waals surface area contributed by atoms with Gasteiger partial charge in [0, 0.05) is 29.9 Å². The number of fused-ring (bicyclic) bond motifs is 1. The predicted molar refractivity (Wildman–Crippen MR) is 110 cm³/mol. The highest BCUT2D eigenvalue weighted by Gasteiger charge is 2.19. The average molecular weight is 375 g/mol. The van der Waals surface area contributed by atoms with Crippen LogP contribution >= 0.6 is 11.3 Å². The van der Waals surface area contributed by atoms with Gasteiger partial charge in [0.05, 0.1) is 18.2 Å². The molecule has 4 aromatic rings. The molecule has 4 nitrogen and oxygen atoms in total. The van der Waals surface area contributed by atoms with Crippen LogP contribution in [0.3, 0.4) is 0 Å². The van der Waals surface area contributed by atoms with Crippen LogP contribution < -0.4 is 0 Å². The second-order valence-electron chi connectivity index (χ2n) is 6.64. The number of hydrogen-bond donors (Lipinski definition) is 0. The second-order valence-corrected chi connectivity index (χ2v) is 7.48. The van der Waals surface area contributed by atoms with Crippen molar-refractivity contribution in [1.82, 2.24) is 14.3 Å². The first-order chi connectivity index (χ1) is 13.1. The van der Waals surface area contributed by atoms with Gasteiger partial charge in [-0.3, -0.25) is 9.20 Å². The van der Waals surface area contributed by atoms with E-state index in [2.05, 4.69) is 19.1 Å². The summed E-state index contributed by atoms with van der Waals surface area (Å²) < 4.78 is 2.03. The summed E-state index contributed by atoms with van der Waals surface area (Å²) in [5.74, 6) is 0.0982. The summed E-state index contributed by atoms with van der Waals surface area (Å²) in [7, 11) is 1.87. The molecule has 2 heterocycles. The van der Waals surface area contributed by atoms with Crippen LogP contribution in [0.4, 0.5) is 0 Å². The van der Waals surface area contributed by atoms with Gasteiger partial charge in [-0.1, -0.05) is 60.7 Å². The molecule has 27 heavy (non-hydrogen) atoms. The van der Waals surface area contributed by atoms with Gasteiger partial charge in [-0.25, -0.2) is 4.98 Å². The molecule has 0 aliphatic carbocycles. The number of benzene rings is 2. The van der Waals surface area contributed by atoms with E-state index in [1.165, 1.54) is 0 Å².